The van der Waals surface area contributed by atoms with Crippen LogP contribution in [-0.4, -0.2) is 32.6 Å². The number of carbonyl (C=O) groups excluding carboxylic acids is 2. The molecule has 0 aliphatic rings. The molecule has 0 bridgehead atoms. The zero-order chi connectivity index (χ0) is 19.1. The monoisotopic (exact) mass is 377 g/mol. The second-order valence-electron chi connectivity index (χ2n) is 5.41. The van der Waals surface area contributed by atoms with Gasteiger partial charge < -0.3 is 19.5 Å². The molecule has 0 fully saturated rings. The second kappa shape index (κ2) is 9.10. The normalized spacial score (nSPS) is 11.4. The summed E-state index contributed by atoms with van der Waals surface area (Å²) < 4.78 is 15.6. The van der Waals surface area contributed by atoms with Gasteiger partial charge >= 0.3 is 5.97 Å². The maximum absolute atomic E-state index is 12.2. The third kappa shape index (κ3) is 4.89. The predicted molar refractivity (Wildman–Crippen MR) is 97.8 cm³/mol. The molecule has 1 atom stereocenters. The fourth-order valence-corrected chi connectivity index (χ4v) is 2.63. The van der Waals surface area contributed by atoms with E-state index in [2.05, 4.69) is 5.32 Å². The van der Waals surface area contributed by atoms with Gasteiger partial charge in [0.05, 0.1) is 14.2 Å². The number of carbonyl (C=O) groups is 2. The van der Waals surface area contributed by atoms with Crippen LogP contribution in [0.1, 0.15) is 28.9 Å². The fraction of sp³-hybridized carbons (Fsp3) is 0.263. The van der Waals surface area contributed by atoms with Crippen LogP contribution in [0.4, 0.5) is 0 Å². The Balaban J connectivity index is 1.93. The Morgan fingerprint density at radius 1 is 1.08 bits per heavy atom. The van der Waals surface area contributed by atoms with Gasteiger partial charge in [0.1, 0.15) is 12.6 Å². The molecule has 0 heterocycles. The SMILES string of the molecule is COc1ccc(C(=O)NCC(=O)OC(C)c2ccccc2Cl)cc1OC. The van der Waals surface area contributed by atoms with Crippen molar-refractivity contribution in [1.29, 1.82) is 0 Å². The van der Waals surface area contributed by atoms with Gasteiger partial charge in [-0.15, -0.1) is 0 Å². The fourth-order valence-electron chi connectivity index (χ4n) is 2.34. The first kappa shape index (κ1) is 19.6. The van der Waals surface area contributed by atoms with Crippen molar-refractivity contribution in [2.24, 2.45) is 0 Å². The van der Waals surface area contributed by atoms with E-state index < -0.39 is 18.0 Å². The van der Waals surface area contributed by atoms with E-state index >= 15 is 0 Å². The Hall–Kier alpha value is -2.73. The molecule has 0 saturated heterocycles. The third-order valence-electron chi connectivity index (χ3n) is 3.69. The molecule has 2 aromatic carbocycles. The first-order valence-corrected chi connectivity index (χ1v) is 8.28. The number of nitrogens with one attached hydrogen (secondary N) is 1. The Bertz CT molecular complexity index is 793. The molecule has 138 valence electrons. The highest BCUT2D eigenvalue weighted by molar-refractivity contribution is 6.31. The highest BCUT2D eigenvalue weighted by Crippen LogP contribution is 2.27. The van der Waals surface area contributed by atoms with Crippen molar-refractivity contribution in [3.05, 3.63) is 58.6 Å². The lowest BCUT2D eigenvalue weighted by Crippen LogP contribution is -2.31. The van der Waals surface area contributed by atoms with E-state index in [4.69, 9.17) is 25.8 Å². The van der Waals surface area contributed by atoms with Crippen LogP contribution < -0.4 is 14.8 Å². The van der Waals surface area contributed by atoms with Crippen LogP contribution in [0.2, 0.25) is 5.02 Å². The number of rotatable bonds is 7. The summed E-state index contributed by atoms with van der Waals surface area (Å²) in [6.07, 6.45) is -0.519. The van der Waals surface area contributed by atoms with Gasteiger partial charge in [0.15, 0.2) is 11.5 Å². The highest BCUT2D eigenvalue weighted by Gasteiger charge is 2.16. The summed E-state index contributed by atoms with van der Waals surface area (Å²) >= 11 is 6.08. The van der Waals surface area contributed by atoms with Crippen LogP contribution in [0.3, 0.4) is 0 Å². The number of methoxy groups -OCH3 is 2. The zero-order valence-electron chi connectivity index (χ0n) is 14.7. The maximum Gasteiger partial charge on any atom is 0.326 e. The van der Waals surface area contributed by atoms with Crippen LogP contribution in [0, 0.1) is 0 Å². The molecular weight excluding hydrogens is 358 g/mol. The van der Waals surface area contributed by atoms with Gasteiger partial charge in [0.25, 0.3) is 5.91 Å². The summed E-state index contributed by atoms with van der Waals surface area (Å²) in [4.78, 5) is 24.2. The number of hydrogen-bond donors (Lipinski definition) is 1. The highest BCUT2D eigenvalue weighted by atomic mass is 35.5. The molecule has 2 rings (SSSR count). The molecule has 26 heavy (non-hydrogen) atoms. The molecule has 1 amide bonds. The summed E-state index contributed by atoms with van der Waals surface area (Å²) in [5, 5.41) is 3.03. The molecule has 6 nitrogen and oxygen atoms in total. The Kier molecular flexibility index (Phi) is 6.86. The van der Waals surface area contributed by atoms with Crippen molar-refractivity contribution in [2.45, 2.75) is 13.0 Å². The van der Waals surface area contributed by atoms with Gasteiger partial charge in [-0.2, -0.15) is 0 Å². The van der Waals surface area contributed by atoms with Crippen molar-refractivity contribution >= 4 is 23.5 Å². The van der Waals surface area contributed by atoms with E-state index in [-0.39, 0.29) is 6.54 Å². The Labute approximate surface area is 157 Å². The van der Waals surface area contributed by atoms with E-state index in [1.54, 1.807) is 37.3 Å². The van der Waals surface area contributed by atoms with Gasteiger partial charge in [-0.25, -0.2) is 0 Å². The second-order valence-corrected chi connectivity index (χ2v) is 5.81. The number of esters is 1. The van der Waals surface area contributed by atoms with Crippen molar-refractivity contribution in [3.63, 3.8) is 0 Å². The molecule has 2 aromatic rings. The summed E-state index contributed by atoms with van der Waals surface area (Å²) in [6, 6.07) is 11.8. The lowest BCUT2D eigenvalue weighted by atomic mass is 10.1. The molecule has 0 aliphatic heterocycles. The van der Waals surface area contributed by atoms with E-state index in [0.717, 1.165) is 0 Å². The van der Waals surface area contributed by atoms with Crippen LogP contribution in [0.5, 0.6) is 11.5 Å². The van der Waals surface area contributed by atoms with Gasteiger partial charge in [-0.1, -0.05) is 29.8 Å². The van der Waals surface area contributed by atoms with Gasteiger partial charge in [-0.3, -0.25) is 9.59 Å². The molecule has 0 spiro atoms. The topological polar surface area (TPSA) is 73.9 Å². The Morgan fingerprint density at radius 3 is 2.42 bits per heavy atom. The molecule has 0 aliphatic carbocycles. The van der Waals surface area contributed by atoms with Gasteiger partial charge in [-0.05, 0) is 31.2 Å². The van der Waals surface area contributed by atoms with E-state index in [0.29, 0.717) is 27.6 Å². The molecule has 1 unspecified atom stereocenters. The molecule has 1 N–H and O–H groups in total. The van der Waals surface area contributed by atoms with E-state index in [9.17, 15) is 9.59 Å². The zero-order valence-corrected chi connectivity index (χ0v) is 15.5. The molecule has 0 saturated carbocycles. The smallest absolute Gasteiger partial charge is 0.326 e. The van der Waals surface area contributed by atoms with Gasteiger partial charge in [0, 0.05) is 16.1 Å². The average Bonchev–Trinajstić information content (AvgIpc) is 2.65. The van der Waals surface area contributed by atoms with Crippen molar-refractivity contribution < 1.29 is 23.8 Å². The molecule has 7 heteroatoms. The maximum atomic E-state index is 12.2. The lowest BCUT2D eigenvalue weighted by Gasteiger charge is -2.15. The summed E-state index contributed by atoms with van der Waals surface area (Å²) in [7, 11) is 2.99. The number of amides is 1. The van der Waals surface area contributed by atoms with E-state index in [1.807, 2.05) is 6.07 Å². The standard InChI is InChI=1S/C19H20ClNO5/c1-12(14-6-4-5-7-15(14)20)26-18(22)11-21-19(23)13-8-9-16(24-2)17(10-13)25-3/h4-10,12H,11H2,1-3H3,(H,21,23). The minimum Gasteiger partial charge on any atom is -0.493 e. The minimum atomic E-state index is -0.564. The number of ether oxygens (including phenoxy) is 3. The summed E-state index contributed by atoms with van der Waals surface area (Å²) in [5.74, 6) is -0.0494. The third-order valence-corrected chi connectivity index (χ3v) is 4.03. The van der Waals surface area contributed by atoms with Crippen LogP contribution in [0.25, 0.3) is 0 Å². The van der Waals surface area contributed by atoms with Crippen molar-refractivity contribution in [2.75, 3.05) is 20.8 Å². The van der Waals surface area contributed by atoms with Crippen molar-refractivity contribution in [1.82, 2.24) is 5.32 Å². The quantitative estimate of drug-likeness (QED) is 0.748. The van der Waals surface area contributed by atoms with Crippen LogP contribution >= 0.6 is 11.6 Å². The number of halogens is 1. The van der Waals surface area contributed by atoms with E-state index in [1.165, 1.54) is 20.3 Å². The molecular formula is C19H20ClNO5. The number of hydrogen-bond acceptors (Lipinski definition) is 5. The Morgan fingerprint density at radius 2 is 1.77 bits per heavy atom. The summed E-state index contributed by atoms with van der Waals surface area (Å²) in [5.41, 5.74) is 1.04. The minimum absolute atomic E-state index is 0.262. The first-order chi connectivity index (χ1) is 12.5. The lowest BCUT2D eigenvalue weighted by molar-refractivity contribution is -0.147. The summed E-state index contributed by atoms with van der Waals surface area (Å²) in [6.45, 7) is 1.46. The average molecular weight is 378 g/mol. The van der Waals surface area contributed by atoms with Crippen LogP contribution in [0.15, 0.2) is 42.5 Å². The predicted octanol–water partition coefficient (Wildman–Crippen LogP) is 3.39. The number of benzene rings is 2. The van der Waals surface area contributed by atoms with Crippen molar-refractivity contribution in [3.8, 4) is 11.5 Å². The molecule has 0 aromatic heterocycles. The first-order valence-electron chi connectivity index (χ1n) is 7.90. The van der Waals surface area contributed by atoms with Gasteiger partial charge in [0.2, 0.25) is 0 Å². The molecule has 0 radical (unpaired) electrons. The largest absolute Gasteiger partial charge is 0.493 e. The van der Waals surface area contributed by atoms with Crippen LogP contribution in [-0.2, 0) is 9.53 Å².